The number of nitrogens with one attached hydrogen (secondary N) is 2. The number of ether oxygens (including phenoxy) is 8. The lowest BCUT2D eigenvalue weighted by Crippen LogP contribution is -2.42. The number of aliphatic hydroxyl groups is 12. The molecule has 6 aliphatic rings. The number of fused-ring (bicyclic) bond motifs is 4. The van der Waals surface area contributed by atoms with Gasteiger partial charge in [0.1, 0.15) is 90.6 Å². The minimum Gasteiger partial charge on any atom is -0.476 e. The molecule has 686 valence electrons. The van der Waals surface area contributed by atoms with Crippen molar-refractivity contribution in [2.75, 3.05) is 81.5 Å². The smallest absolute Gasteiger partial charge is 0.330 e. The minimum atomic E-state index is -2.96. The second-order valence-electron chi connectivity index (χ2n) is 27.3. The lowest BCUT2D eigenvalue weighted by molar-refractivity contribution is -0.0522. The Labute approximate surface area is 726 Å². The molecule has 24 N–H and O–H groups in total. The van der Waals surface area contributed by atoms with Crippen LogP contribution in [0.1, 0.15) is 56.8 Å². The van der Waals surface area contributed by atoms with Gasteiger partial charge < -0.3 is 128 Å². The van der Waals surface area contributed by atoms with Crippen LogP contribution in [0.3, 0.4) is 0 Å². The summed E-state index contributed by atoms with van der Waals surface area (Å²) in [6.07, 6.45) is -18.3. The lowest BCUT2D eigenvalue weighted by atomic mass is 10.1. The first-order chi connectivity index (χ1) is 58.7. The molecular formula is C63H74Cl7F6N25O24. The van der Waals surface area contributed by atoms with Crippen LogP contribution in [0.4, 0.5) is 55.8 Å². The number of alkyl halides is 12. The van der Waals surface area contributed by atoms with Crippen molar-refractivity contribution in [3.8, 4) is 11.8 Å². The van der Waals surface area contributed by atoms with Gasteiger partial charge in [-0.3, -0.25) is 47.0 Å². The largest absolute Gasteiger partial charge is 0.476 e. The highest BCUT2D eigenvalue weighted by Crippen LogP contribution is 2.52. The van der Waals surface area contributed by atoms with Crippen molar-refractivity contribution >= 4 is 155 Å². The predicted octanol–water partition coefficient (Wildman–Crippen LogP) is -3.27. The maximum absolute atomic E-state index is 14.7. The van der Waals surface area contributed by atoms with Crippen LogP contribution in [0, 0.1) is 12.7 Å². The van der Waals surface area contributed by atoms with Gasteiger partial charge in [0.15, 0.2) is 87.0 Å². The Kier molecular flexibility index (Phi) is 29.2. The van der Waals surface area contributed by atoms with Gasteiger partial charge in [-0.1, -0.05) is 81.2 Å². The van der Waals surface area contributed by atoms with E-state index in [2.05, 4.69) is 59.8 Å². The van der Waals surface area contributed by atoms with E-state index in [-0.39, 0.29) is 80.3 Å². The van der Waals surface area contributed by atoms with E-state index in [9.17, 15) is 81.3 Å². The molecule has 10 aromatic heterocycles. The topological polar surface area (TPSA) is 731 Å². The molecule has 0 spiro atoms. The number of hydrogen-bond donors (Lipinski definition) is 19. The molecular weight excluding hydrogens is 1850 g/mol. The summed E-state index contributed by atoms with van der Waals surface area (Å²) in [5, 5.41) is 99.2. The van der Waals surface area contributed by atoms with E-state index >= 15 is 0 Å². The highest BCUT2D eigenvalue weighted by Gasteiger charge is 2.63. The van der Waals surface area contributed by atoms with Gasteiger partial charge in [0.05, 0.1) is 84.4 Å². The monoisotopic (exact) mass is 1920 g/mol. The summed E-state index contributed by atoms with van der Waals surface area (Å²) >= 11 is 40.6. The van der Waals surface area contributed by atoms with Crippen LogP contribution in [0.5, 0.6) is 11.8 Å². The fourth-order valence-electron chi connectivity index (χ4n) is 12.9. The van der Waals surface area contributed by atoms with Crippen LogP contribution >= 0.6 is 81.2 Å². The number of halogens is 13. The average Bonchev–Trinajstić information content (AvgIpc) is 1.60. The van der Waals surface area contributed by atoms with Crippen molar-refractivity contribution in [1.82, 2.24) is 97.2 Å². The van der Waals surface area contributed by atoms with Crippen LogP contribution in [-0.4, -0.2) is 315 Å². The third-order valence-electron chi connectivity index (χ3n) is 19.2. The Morgan fingerprint density at radius 2 is 0.696 bits per heavy atom. The van der Waals surface area contributed by atoms with Gasteiger partial charge in [0, 0.05) is 11.8 Å². The van der Waals surface area contributed by atoms with Crippen LogP contribution < -0.4 is 60.6 Å². The van der Waals surface area contributed by atoms with E-state index in [1.165, 1.54) is 52.3 Å². The van der Waals surface area contributed by atoms with Crippen molar-refractivity contribution in [3.63, 3.8) is 0 Å². The number of hydrogen-bond acceptors (Lipinski definition) is 41. The molecule has 0 radical (unpaired) electrons. The summed E-state index contributed by atoms with van der Waals surface area (Å²) in [6, 6.07) is 0. The molecule has 0 bridgehead atoms. The van der Waals surface area contributed by atoms with E-state index in [4.69, 9.17) is 173 Å². The van der Waals surface area contributed by atoms with Crippen molar-refractivity contribution in [2.45, 2.75) is 161 Å². The zero-order valence-electron chi connectivity index (χ0n) is 63.7. The maximum atomic E-state index is 14.7. The van der Waals surface area contributed by atoms with Crippen LogP contribution in [0.25, 0.3) is 44.7 Å². The third-order valence-corrected chi connectivity index (χ3v) is 22.0. The average molecular weight is 1930 g/mol. The molecule has 125 heavy (non-hydrogen) atoms. The molecule has 0 aliphatic carbocycles. The summed E-state index contributed by atoms with van der Waals surface area (Å²) in [5.74, 6) is -1.08. The highest BCUT2D eigenvalue weighted by molar-refractivity contribution is 6.49. The van der Waals surface area contributed by atoms with Gasteiger partial charge in [-0.25, -0.2) is 61.4 Å². The van der Waals surface area contributed by atoms with Crippen molar-refractivity contribution < 1.29 is 126 Å². The van der Waals surface area contributed by atoms with Crippen molar-refractivity contribution in [1.29, 1.82) is 0 Å². The quantitative estimate of drug-likeness (QED) is 0.0333. The van der Waals surface area contributed by atoms with E-state index in [1.807, 2.05) is 4.98 Å². The second kappa shape index (κ2) is 37.8. The third kappa shape index (κ3) is 18.4. The summed E-state index contributed by atoms with van der Waals surface area (Å²) in [7, 11) is 0. The maximum Gasteiger partial charge on any atom is 0.330 e. The first-order valence-electron chi connectivity index (χ1n) is 35.9. The predicted molar refractivity (Wildman–Crippen MR) is 418 cm³/mol. The molecule has 6 saturated heterocycles. The Balaban J connectivity index is 0.000000146. The first kappa shape index (κ1) is 96.7. The number of aromatic nitrogens is 20. The number of nitrogens with two attached hydrogens (primary N) is 5. The van der Waals surface area contributed by atoms with E-state index in [1.54, 1.807) is 18.8 Å². The van der Waals surface area contributed by atoms with Crippen molar-refractivity contribution in [2.24, 2.45) is 0 Å². The standard InChI is InChI=1S/C12H15Cl2N5O4.C12H15ClFN5O4.C10H12ClFN6O3.C10H11ClFN5O3.C10H12ClFN2O5.C9H9ClF2N2O5/c2*1-2-22-9-6-8(17-11(15)18-9)19(4-16-6)10-12(13,14)7(21)5(3-20)23-10;11-10(12)5(20)3(1-19)21-8(10)18-2-15-4-6(13)16-9(14)17-7(4)18;11-10(12)6(19)4(1-18)20-9(10)17-3-16-5-7(13)14-2-15-8(5)17;1-4-2-14(9(18)13-7(4)17)8-10(11,12)6(16)5(3-15)19-8;10-9(12)5(16)4(2-15)19-7(9)14-1-3(11)6(17)13-8(14)18/h2*4-5,7,10,20-21H,2-3H2,1H3,(H2,15,17,18);2-3,5,8,19-20H,1H2,(H4,13,14,16,17);2-4,6,9,18-19H,1H2,(H2,13,14,15);2,5-6,8,15-16H,3H2,1H3,(H,13,17,18);1,4-5,7,15-16H,2H2,(H,13,17,18)/t5-,7-,10-;5-,7-,10-,12-;3-,5-,8-,10-;4-,6-,9-,10-;5-,6-,8-,10-;4-,5-,7-,9-/m111111/s1. The number of H-pyrrole nitrogens is 2. The molecule has 23 atom stereocenters. The fraction of sp³-hybridized carbons (Fsp3) is 0.556. The Bertz CT molecular complexity index is 5540. The first-order valence-corrected chi connectivity index (χ1v) is 38.5. The van der Waals surface area contributed by atoms with Crippen molar-refractivity contribution in [3.05, 3.63) is 97.1 Å². The highest BCUT2D eigenvalue weighted by atomic mass is 35.5. The number of aromatic amines is 2. The second-order valence-corrected chi connectivity index (χ2v) is 31.6. The molecule has 0 amide bonds. The van der Waals surface area contributed by atoms with Crippen LogP contribution in [-0.2, 0) is 28.4 Å². The van der Waals surface area contributed by atoms with E-state index < -0.39 is 209 Å². The number of aliphatic hydroxyl groups excluding tert-OH is 12. The number of aryl methyl sites for hydroxylation is 1. The van der Waals surface area contributed by atoms with Gasteiger partial charge >= 0.3 is 11.4 Å². The lowest BCUT2D eigenvalue weighted by Gasteiger charge is -2.23. The fourth-order valence-corrected chi connectivity index (χ4v) is 15.0. The van der Waals surface area contributed by atoms with Gasteiger partial charge in [0.2, 0.25) is 35.4 Å². The van der Waals surface area contributed by atoms with Gasteiger partial charge in [0.25, 0.3) is 36.8 Å². The zero-order valence-corrected chi connectivity index (χ0v) is 69.0. The normalized spacial score (nSPS) is 32.1. The van der Waals surface area contributed by atoms with Gasteiger partial charge in [-0.05, 0) is 20.8 Å². The SMILES string of the molecule is CCOc1nc(N)nc2c1ncn2[C@@H]1O[C@H](CO)[C@@H](O)C1(Cl)Cl.CCOc1nc(N)nc2c1ncn2[C@@H]1O[C@H](CO)[C@@H](O)[C@]1(F)Cl.Cc1cn([C@@H]2O[C@H](CO)[C@@H](O)[C@]2(F)Cl)c(=O)[nH]c1=O.Nc1nc(N)c2ncn([C@@H]3O[C@H](CO)[C@@H](O)[C@]3(F)Cl)c2n1.Nc1ncnc2c1ncn2[C@@H]1O[C@H](CO)[C@@H](O)[C@]1(F)Cl.O=c1[nH]c(=O)n([C@@H]2O[C@H](CO)[C@@H](O)[C@]2(F)Cl)cc1F. The number of imidazole rings is 4. The number of rotatable bonds is 16. The Morgan fingerprint density at radius 1 is 0.400 bits per heavy atom. The molecule has 62 heteroatoms. The molecule has 0 unspecified atom stereocenters. The van der Waals surface area contributed by atoms with E-state index in [0.29, 0.717) is 35.1 Å². The minimum absolute atomic E-state index is 0.0188. The number of anilines is 5. The Hall–Kier alpha value is -8.95. The molecule has 10 aromatic rings. The summed E-state index contributed by atoms with van der Waals surface area (Å²) in [4.78, 5) is 96.3. The molecule has 0 saturated carbocycles. The van der Waals surface area contributed by atoms with Gasteiger partial charge in [-0.15, -0.1) is 0 Å². The Morgan fingerprint density at radius 3 is 1.05 bits per heavy atom. The molecule has 16 heterocycles. The summed E-state index contributed by atoms with van der Waals surface area (Å²) in [5.41, 5.74) is 26.1. The molecule has 6 aliphatic heterocycles. The molecule has 6 fully saturated rings. The molecule has 49 nitrogen and oxygen atoms in total. The van der Waals surface area contributed by atoms with Crippen LogP contribution in [0.2, 0.25) is 0 Å². The molecule has 16 rings (SSSR count). The summed E-state index contributed by atoms with van der Waals surface area (Å²) in [6.45, 7) is 2.06. The summed E-state index contributed by atoms with van der Waals surface area (Å²) < 4.78 is 131. The number of nitrogens with zero attached hydrogens (tertiary/aromatic N) is 18. The van der Waals surface area contributed by atoms with Crippen LogP contribution in [0.15, 0.2) is 63.2 Å². The zero-order chi connectivity index (χ0) is 92.1. The van der Waals surface area contributed by atoms with Gasteiger partial charge in [-0.2, -0.15) is 34.3 Å². The number of nitrogen functional groups attached to an aromatic ring is 5. The molecule has 0 aromatic carbocycles. The van der Waals surface area contributed by atoms with E-state index in [0.717, 1.165) is 15.3 Å².